The monoisotopic (exact) mass is 142 g/mol. The van der Waals surface area contributed by atoms with Crippen LogP contribution in [0.1, 0.15) is 6.92 Å². The molecule has 0 saturated carbocycles. The first-order valence-electron chi connectivity index (χ1n) is 3.19. The Kier molecular flexibility index (Phi) is 3.54. The van der Waals surface area contributed by atoms with Gasteiger partial charge in [0.15, 0.2) is 0 Å². The van der Waals surface area contributed by atoms with Gasteiger partial charge in [0.1, 0.15) is 0 Å². The fraction of sp³-hybridized carbons (Fsp3) is 0.571. The molecule has 0 aromatic rings. The average molecular weight is 142 g/mol. The number of likely N-dealkylation sites (N-methyl/N-ethyl adjacent to an activating group) is 2. The molecule has 3 nitrogen and oxygen atoms in total. The Morgan fingerprint density at radius 2 is 2.00 bits per heavy atom. The Hall–Kier alpha value is -0.990. The lowest BCUT2D eigenvalue weighted by molar-refractivity contribution is -0.118. The number of carbonyl (C=O) groups is 1. The van der Waals surface area contributed by atoms with Crippen molar-refractivity contribution in [2.75, 3.05) is 21.1 Å². The third kappa shape index (κ3) is 2.09. The molecule has 0 heterocycles. The van der Waals surface area contributed by atoms with Crippen molar-refractivity contribution in [1.29, 1.82) is 0 Å². The summed E-state index contributed by atoms with van der Waals surface area (Å²) in [6, 6.07) is 0. The van der Waals surface area contributed by atoms with Gasteiger partial charge in [-0.2, -0.15) is 0 Å². The van der Waals surface area contributed by atoms with Crippen LogP contribution >= 0.6 is 0 Å². The van der Waals surface area contributed by atoms with Gasteiger partial charge in [0.05, 0.1) is 5.70 Å². The second-order valence-corrected chi connectivity index (χ2v) is 2.15. The fourth-order valence-electron chi connectivity index (χ4n) is 0.720. The molecule has 0 unspecified atom stereocenters. The topological polar surface area (TPSA) is 32.3 Å². The van der Waals surface area contributed by atoms with Crippen LogP contribution < -0.4 is 5.32 Å². The minimum Gasteiger partial charge on any atom is -0.373 e. The number of nitrogens with one attached hydrogen (secondary N) is 1. The summed E-state index contributed by atoms with van der Waals surface area (Å²) in [5, 5.41) is 2.55. The largest absolute Gasteiger partial charge is 0.373 e. The van der Waals surface area contributed by atoms with Gasteiger partial charge >= 0.3 is 0 Å². The zero-order chi connectivity index (χ0) is 8.15. The molecule has 3 heteroatoms. The van der Waals surface area contributed by atoms with Gasteiger partial charge in [-0.3, -0.25) is 4.79 Å². The van der Waals surface area contributed by atoms with Crippen LogP contribution in [0.15, 0.2) is 11.8 Å². The van der Waals surface area contributed by atoms with E-state index < -0.39 is 0 Å². The Morgan fingerprint density at radius 1 is 1.50 bits per heavy atom. The molecule has 1 N–H and O–H groups in total. The van der Waals surface area contributed by atoms with E-state index in [4.69, 9.17) is 0 Å². The van der Waals surface area contributed by atoms with Gasteiger partial charge in [-0.1, -0.05) is 6.08 Å². The van der Waals surface area contributed by atoms with Crippen LogP contribution in [-0.2, 0) is 4.79 Å². The molecule has 0 aliphatic heterocycles. The molecular formula is C7H14N2O. The summed E-state index contributed by atoms with van der Waals surface area (Å²) in [6.45, 7) is 1.84. The van der Waals surface area contributed by atoms with E-state index in [1.54, 1.807) is 18.0 Å². The number of hydrogen-bond acceptors (Lipinski definition) is 2. The van der Waals surface area contributed by atoms with E-state index in [1.165, 1.54) is 0 Å². The van der Waals surface area contributed by atoms with Gasteiger partial charge in [-0.15, -0.1) is 0 Å². The quantitative estimate of drug-likeness (QED) is 0.558. The highest BCUT2D eigenvalue weighted by Crippen LogP contribution is 1.96. The molecule has 0 saturated heterocycles. The van der Waals surface area contributed by atoms with Crippen LogP contribution in [0.3, 0.4) is 0 Å². The number of carbonyl (C=O) groups excluding carboxylic acids is 1. The van der Waals surface area contributed by atoms with Gasteiger partial charge in [0, 0.05) is 21.1 Å². The summed E-state index contributed by atoms with van der Waals surface area (Å²) < 4.78 is 0. The standard InChI is InChI=1S/C7H14N2O/c1-5-6(9(3)4)7(10)8-2/h5H,1-4H3,(H,8,10)/b6-5-. The average Bonchev–Trinajstić information content (AvgIpc) is 1.88. The van der Waals surface area contributed by atoms with E-state index in [1.807, 2.05) is 21.0 Å². The highest BCUT2D eigenvalue weighted by atomic mass is 16.2. The molecule has 0 aromatic heterocycles. The summed E-state index contributed by atoms with van der Waals surface area (Å²) in [4.78, 5) is 12.7. The molecule has 0 aromatic carbocycles. The molecule has 0 rings (SSSR count). The van der Waals surface area contributed by atoms with Crippen LogP contribution in [0.2, 0.25) is 0 Å². The van der Waals surface area contributed by atoms with Gasteiger partial charge < -0.3 is 10.2 Å². The maximum absolute atomic E-state index is 11.0. The van der Waals surface area contributed by atoms with Crippen LogP contribution in [0.5, 0.6) is 0 Å². The van der Waals surface area contributed by atoms with Crippen LogP contribution in [0.25, 0.3) is 0 Å². The van der Waals surface area contributed by atoms with E-state index in [0.29, 0.717) is 5.70 Å². The molecule has 58 valence electrons. The Balaban J connectivity index is 4.24. The third-order valence-electron chi connectivity index (χ3n) is 1.21. The summed E-state index contributed by atoms with van der Waals surface area (Å²) in [5.41, 5.74) is 0.683. The zero-order valence-electron chi connectivity index (χ0n) is 6.93. The normalized spacial score (nSPS) is 11.0. The lowest BCUT2D eigenvalue weighted by Crippen LogP contribution is -2.28. The second-order valence-electron chi connectivity index (χ2n) is 2.15. The smallest absolute Gasteiger partial charge is 0.266 e. The molecule has 1 amide bonds. The highest BCUT2D eigenvalue weighted by Gasteiger charge is 2.06. The Labute approximate surface area is 61.7 Å². The maximum Gasteiger partial charge on any atom is 0.266 e. The molecule has 0 aliphatic rings. The van der Waals surface area contributed by atoms with E-state index in [-0.39, 0.29) is 5.91 Å². The van der Waals surface area contributed by atoms with Crippen molar-refractivity contribution >= 4 is 5.91 Å². The predicted octanol–water partition coefficient (Wildman–Crippen LogP) is 0.198. The van der Waals surface area contributed by atoms with Crippen LogP contribution in [-0.4, -0.2) is 32.0 Å². The van der Waals surface area contributed by atoms with Crippen molar-refractivity contribution in [2.24, 2.45) is 0 Å². The van der Waals surface area contributed by atoms with Crippen molar-refractivity contribution in [2.45, 2.75) is 6.92 Å². The number of nitrogens with zero attached hydrogens (tertiary/aromatic N) is 1. The summed E-state index contributed by atoms with van der Waals surface area (Å²) in [5.74, 6) is -0.0486. The van der Waals surface area contributed by atoms with Crippen molar-refractivity contribution in [1.82, 2.24) is 10.2 Å². The van der Waals surface area contributed by atoms with Crippen molar-refractivity contribution in [3.8, 4) is 0 Å². The first kappa shape index (κ1) is 9.01. The molecular weight excluding hydrogens is 128 g/mol. The van der Waals surface area contributed by atoms with E-state index in [0.717, 1.165) is 0 Å². The molecule has 0 fully saturated rings. The zero-order valence-corrected chi connectivity index (χ0v) is 6.93. The van der Waals surface area contributed by atoms with Crippen molar-refractivity contribution < 1.29 is 4.79 Å². The SMILES string of the molecule is C/C=C(/C(=O)NC)N(C)C. The summed E-state index contributed by atoms with van der Waals surface area (Å²) in [7, 11) is 5.30. The minimum absolute atomic E-state index is 0.0486. The maximum atomic E-state index is 11.0. The molecule has 0 aliphatic carbocycles. The van der Waals surface area contributed by atoms with E-state index in [2.05, 4.69) is 5.32 Å². The summed E-state index contributed by atoms with van der Waals surface area (Å²) >= 11 is 0. The second kappa shape index (κ2) is 3.93. The summed E-state index contributed by atoms with van der Waals surface area (Å²) in [6.07, 6.45) is 1.78. The Morgan fingerprint density at radius 3 is 2.10 bits per heavy atom. The first-order valence-corrected chi connectivity index (χ1v) is 3.19. The molecule has 0 bridgehead atoms. The van der Waals surface area contributed by atoms with E-state index in [9.17, 15) is 4.79 Å². The van der Waals surface area contributed by atoms with Gasteiger partial charge in [-0.25, -0.2) is 0 Å². The number of allylic oxidation sites excluding steroid dienone is 1. The van der Waals surface area contributed by atoms with Gasteiger partial charge in [-0.05, 0) is 6.92 Å². The third-order valence-corrected chi connectivity index (χ3v) is 1.21. The highest BCUT2D eigenvalue weighted by molar-refractivity contribution is 5.92. The molecule has 10 heavy (non-hydrogen) atoms. The lowest BCUT2D eigenvalue weighted by atomic mass is 10.3. The first-order chi connectivity index (χ1) is 4.63. The predicted molar refractivity (Wildman–Crippen MR) is 41.5 cm³/mol. The van der Waals surface area contributed by atoms with Crippen LogP contribution in [0, 0.1) is 0 Å². The van der Waals surface area contributed by atoms with Crippen molar-refractivity contribution in [3.63, 3.8) is 0 Å². The minimum atomic E-state index is -0.0486. The van der Waals surface area contributed by atoms with E-state index >= 15 is 0 Å². The van der Waals surface area contributed by atoms with Crippen molar-refractivity contribution in [3.05, 3.63) is 11.8 Å². The fourth-order valence-corrected chi connectivity index (χ4v) is 0.720. The molecule has 0 spiro atoms. The van der Waals surface area contributed by atoms with Crippen LogP contribution in [0.4, 0.5) is 0 Å². The molecule has 0 radical (unpaired) electrons. The Bertz CT molecular complexity index is 150. The number of amides is 1. The lowest BCUT2D eigenvalue weighted by Gasteiger charge is -2.14. The van der Waals surface area contributed by atoms with Gasteiger partial charge in [0.25, 0.3) is 5.91 Å². The molecule has 0 atom stereocenters. The number of hydrogen-bond donors (Lipinski definition) is 1. The van der Waals surface area contributed by atoms with Gasteiger partial charge in [0.2, 0.25) is 0 Å². The number of rotatable bonds is 2.